The Morgan fingerprint density at radius 1 is 1.25 bits per heavy atom. The number of hydrazone groups is 1. The van der Waals surface area contributed by atoms with Gasteiger partial charge in [0.1, 0.15) is 5.75 Å². The fourth-order valence-electron chi connectivity index (χ4n) is 2.18. The SMILES string of the molecule is CCOc1cc(/C=N/NC(=O)CCCOc2ccc(Cl)cc2Cl)cc(Br)c1O. The highest BCUT2D eigenvalue weighted by atomic mass is 79.9. The van der Waals surface area contributed by atoms with E-state index in [4.69, 9.17) is 32.7 Å². The van der Waals surface area contributed by atoms with Crippen molar-refractivity contribution in [3.63, 3.8) is 0 Å². The lowest BCUT2D eigenvalue weighted by Gasteiger charge is -2.08. The molecule has 150 valence electrons. The van der Waals surface area contributed by atoms with Crippen molar-refractivity contribution >= 4 is 51.3 Å². The van der Waals surface area contributed by atoms with Crippen LogP contribution in [0.15, 0.2) is 39.9 Å². The predicted molar refractivity (Wildman–Crippen MR) is 114 cm³/mol. The van der Waals surface area contributed by atoms with Gasteiger partial charge in [-0.05, 0) is 65.2 Å². The van der Waals surface area contributed by atoms with Crippen LogP contribution in [-0.2, 0) is 4.79 Å². The van der Waals surface area contributed by atoms with Crippen LogP contribution in [0.2, 0.25) is 10.0 Å². The molecule has 0 radical (unpaired) electrons. The number of amides is 1. The van der Waals surface area contributed by atoms with Crippen LogP contribution < -0.4 is 14.9 Å². The molecule has 1 amide bonds. The van der Waals surface area contributed by atoms with Crippen molar-refractivity contribution in [1.29, 1.82) is 0 Å². The average Bonchev–Trinajstić information content (AvgIpc) is 2.64. The summed E-state index contributed by atoms with van der Waals surface area (Å²) >= 11 is 15.1. The molecule has 0 saturated carbocycles. The van der Waals surface area contributed by atoms with Gasteiger partial charge in [-0.25, -0.2) is 5.43 Å². The first-order valence-corrected chi connectivity index (χ1v) is 10.0. The summed E-state index contributed by atoms with van der Waals surface area (Å²) in [6, 6.07) is 8.25. The third kappa shape index (κ3) is 6.89. The molecule has 0 aliphatic rings. The minimum atomic E-state index is -0.245. The Hall–Kier alpha value is -1.96. The van der Waals surface area contributed by atoms with Crippen LogP contribution in [0.1, 0.15) is 25.3 Å². The van der Waals surface area contributed by atoms with Gasteiger partial charge in [-0.1, -0.05) is 23.2 Å². The zero-order valence-electron chi connectivity index (χ0n) is 15.0. The maximum atomic E-state index is 11.8. The fraction of sp³-hybridized carbons (Fsp3) is 0.263. The highest BCUT2D eigenvalue weighted by molar-refractivity contribution is 9.10. The normalized spacial score (nSPS) is 10.9. The second-order valence-corrected chi connectivity index (χ2v) is 7.30. The molecule has 2 rings (SSSR count). The molecular formula is C19H19BrCl2N2O4. The number of nitrogens with zero attached hydrogens (tertiary/aromatic N) is 1. The van der Waals surface area contributed by atoms with Crippen molar-refractivity contribution in [3.8, 4) is 17.2 Å². The lowest BCUT2D eigenvalue weighted by molar-refractivity contribution is -0.121. The number of hydrogen-bond acceptors (Lipinski definition) is 5. The first kappa shape index (κ1) is 22.3. The summed E-state index contributed by atoms with van der Waals surface area (Å²) in [4.78, 5) is 11.8. The van der Waals surface area contributed by atoms with Gasteiger partial charge in [-0.3, -0.25) is 4.79 Å². The van der Waals surface area contributed by atoms with E-state index in [-0.39, 0.29) is 18.1 Å². The lowest BCUT2D eigenvalue weighted by Crippen LogP contribution is -2.18. The zero-order valence-corrected chi connectivity index (χ0v) is 18.1. The molecule has 0 saturated heterocycles. The van der Waals surface area contributed by atoms with E-state index in [0.717, 1.165) is 0 Å². The first-order valence-electron chi connectivity index (χ1n) is 8.45. The van der Waals surface area contributed by atoms with Crippen LogP contribution in [-0.4, -0.2) is 30.4 Å². The predicted octanol–water partition coefficient (Wildman–Crippen LogP) is 5.17. The van der Waals surface area contributed by atoms with E-state index < -0.39 is 0 Å². The number of carbonyl (C=O) groups excluding carboxylic acids is 1. The van der Waals surface area contributed by atoms with E-state index >= 15 is 0 Å². The molecule has 9 heteroatoms. The van der Waals surface area contributed by atoms with E-state index in [1.165, 1.54) is 6.21 Å². The highest BCUT2D eigenvalue weighted by Crippen LogP contribution is 2.35. The van der Waals surface area contributed by atoms with Crippen molar-refractivity contribution in [1.82, 2.24) is 5.43 Å². The molecule has 6 nitrogen and oxygen atoms in total. The number of ether oxygens (including phenoxy) is 2. The number of hydrogen-bond donors (Lipinski definition) is 2. The quantitative estimate of drug-likeness (QED) is 0.289. The van der Waals surface area contributed by atoms with Gasteiger partial charge in [-0.2, -0.15) is 5.10 Å². The Morgan fingerprint density at radius 2 is 2.04 bits per heavy atom. The molecule has 2 aromatic carbocycles. The van der Waals surface area contributed by atoms with Crippen LogP contribution >= 0.6 is 39.1 Å². The van der Waals surface area contributed by atoms with Crippen molar-refractivity contribution in [3.05, 3.63) is 50.4 Å². The van der Waals surface area contributed by atoms with E-state index in [2.05, 4.69) is 26.5 Å². The second kappa shape index (κ2) is 11.1. The number of carbonyl (C=O) groups is 1. The van der Waals surface area contributed by atoms with Gasteiger partial charge in [0, 0.05) is 11.4 Å². The molecule has 28 heavy (non-hydrogen) atoms. The molecular weight excluding hydrogens is 471 g/mol. The molecule has 0 bridgehead atoms. The van der Waals surface area contributed by atoms with Crippen LogP contribution in [0.25, 0.3) is 0 Å². The van der Waals surface area contributed by atoms with E-state index in [9.17, 15) is 9.90 Å². The van der Waals surface area contributed by atoms with Gasteiger partial charge in [-0.15, -0.1) is 0 Å². The molecule has 0 spiro atoms. The molecule has 0 unspecified atom stereocenters. The summed E-state index contributed by atoms with van der Waals surface area (Å²) in [6.45, 7) is 2.57. The molecule has 2 N–H and O–H groups in total. The smallest absolute Gasteiger partial charge is 0.240 e. The van der Waals surface area contributed by atoms with Crippen LogP contribution in [0, 0.1) is 0 Å². The van der Waals surface area contributed by atoms with E-state index in [0.29, 0.717) is 51.2 Å². The number of nitrogens with one attached hydrogen (secondary N) is 1. The number of aromatic hydroxyl groups is 1. The Labute approximate surface area is 181 Å². The van der Waals surface area contributed by atoms with Gasteiger partial charge >= 0.3 is 0 Å². The molecule has 0 aliphatic heterocycles. The monoisotopic (exact) mass is 488 g/mol. The number of phenols is 1. The summed E-state index contributed by atoms with van der Waals surface area (Å²) in [5.41, 5.74) is 3.11. The Bertz CT molecular complexity index is 862. The number of phenolic OH excluding ortho intramolecular Hbond substituents is 1. The van der Waals surface area contributed by atoms with Crippen LogP contribution in [0.4, 0.5) is 0 Å². The van der Waals surface area contributed by atoms with E-state index in [1.54, 1.807) is 30.3 Å². The molecule has 0 atom stereocenters. The van der Waals surface area contributed by atoms with Crippen LogP contribution in [0.3, 0.4) is 0 Å². The summed E-state index contributed by atoms with van der Waals surface area (Å²) in [5.74, 6) is 0.629. The largest absolute Gasteiger partial charge is 0.503 e. The minimum absolute atomic E-state index is 0.0174. The van der Waals surface area contributed by atoms with Gasteiger partial charge in [0.15, 0.2) is 11.5 Å². The van der Waals surface area contributed by atoms with Crippen LogP contribution in [0.5, 0.6) is 17.2 Å². The van der Waals surface area contributed by atoms with Crippen molar-refractivity contribution < 1.29 is 19.4 Å². The van der Waals surface area contributed by atoms with Gasteiger partial charge in [0.2, 0.25) is 5.91 Å². The second-order valence-electron chi connectivity index (χ2n) is 5.60. The maximum absolute atomic E-state index is 11.8. The Balaban J connectivity index is 1.77. The van der Waals surface area contributed by atoms with Crippen molar-refractivity contribution in [2.75, 3.05) is 13.2 Å². The fourth-order valence-corrected chi connectivity index (χ4v) is 3.10. The first-order chi connectivity index (χ1) is 13.4. The summed E-state index contributed by atoms with van der Waals surface area (Å²) in [7, 11) is 0. The molecule has 0 heterocycles. The minimum Gasteiger partial charge on any atom is -0.503 e. The summed E-state index contributed by atoms with van der Waals surface area (Å²) in [5, 5.41) is 14.8. The van der Waals surface area contributed by atoms with Gasteiger partial charge in [0.05, 0.1) is 28.9 Å². The average molecular weight is 490 g/mol. The Morgan fingerprint density at radius 3 is 2.75 bits per heavy atom. The van der Waals surface area contributed by atoms with E-state index in [1.807, 2.05) is 6.92 Å². The third-order valence-electron chi connectivity index (χ3n) is 3.45. The summed E-state index contributed by atoms with van der Waals surface area (Å²) in [6.07, 6.45) is 2.21. The maximum Gasteiger partial charge on any atom is 0.240 e. The number of halogens is 3. The topological polar surface area (TPSA) is 80.2 Å². The standard InChI is InChI=1S/C19H19BrCl2N2O4/c1-2-27-17-9-12(8-14(20)19(17)26)11-23-24-18(25)4-3-7-28-16-6-5-13(21)10-15(16)22/h5-6,8-11,26H,2-4,7H2,1H3,(H,24,25)/b23-11+. The lowest BCUT2D eigenvalue weighted by atomic mass is 10.2. The molecule has 0 aliphatic carbocycles. The number of rotatable bonds is 9. The summed E-state index contributed by atoms with van der Waals surface area (Å²) < 4.78 is 11.3. The third-order valence-corrected chi connectivity index (χ3v) is 4.59. The molecule has 0 aromatic heterocycles. The highest BCUT2D eigenvalue weighted by Gasteiger charge is 2.08. The number of benzene rings is 2. The van der Waals surface area contributed by atoms with Gasteiger partial charge in [0.25, 0.3) is 0 Å². The van der Waals surface area contributed by atoms with Gasteiger partial charge < -0.3 is 14.6 Å². The van der Waals surface area contributed by atoms with Crippen molar-refractivity contribution in [2.24, 2.45) is 5.10 Å². The Kier molecular flexibility index (Phi) is 8.89. The zero-order chi connectivity index (χ0) is 20.5. The van der Waals surface area contributed by atoms with Crippen molar-refractivity contribution in [2.45, 2.75) is 19.8 Å². The molecule has 0 fully saturated rings. The molecule has 2 aromatic rings.